The summed E-state index contributed by atoms with van der Waals surface area (Å²) in [6.45, 7) is 9.45. The van der Waals surface area contributed by atoms with Crippen LogP contribution in [0.2, 0.25) is 0 Å². The standard InChI is InChI=1S/C28H38N4O5/c1-3-23-26(25(4-2)37-30-23)27(33)32-16-20-14-31(15-21(20)17-32)12-10-24(19-8-6-5-7-9-19)29-28(34)36-22-11-13-35-18-22/h5-9,20-22,24H,3-4,10-18H2,1-2H3,(H,29,34)/t20-,21?,22?,24?/m0/s1. The predicted octanol–water partition coefficient (Wildman–Crippen LogP) is 3.45. The van der Waals surface area contributed by atoms with Gasteiger partial charge in [0.15, 0.2) is 0 Å². The SMILES string of the molecule is CCc1noc(CC)c1C(=O)N1CC2CN(CCC(NC(=O)OC3CCOC3)c3ccccc3)C[C@H]2C1. The second-order valence-electron chi connectivity index (χ2n) is 10.4. The van der Waals surface area contributed by atoms with Gasteiger partial charge in [0.1, 0.15) is 17.4 Å². The Balaban J connectivity index is 1.15. The van der Waals surface area contributed by atoms with Crippen LogP contribution in [0.1, 0.15) is 60.1 Å². The number of hydrogen-bond donors (Lipinski definition) is 1. The first-order chi connectivity index (χ1) is 18.1. The van der Waals surface area contributed by atoms with Crippen molar-refractivity contribution in [2.75, 3.05) is 45.9 Å². The number of nitrogens with zero attached hydrogens (tertiary/aromatic N) is 3. The van der Waals surface area contributed by atoms with Crippen LogP contribution < -0.4 is 5.32 Å². The van der Waals surface area contributed by atoms with Gasteiger partial charge in [-0.1, -0.05) is 49.3 Å². The number of aromatic nitrogens is 1. The average molecular weight is 511 g/mol. The summed E-state index contributed by atoms with van der Waals surface area (Å²) < 4.78 is 16.3. The molecule has 3 unspecified atom stereocenters. The van der Waals surface area contributed by atoms with Crippen molar-refractivity contribution in [3.63, 3.8) is 0 Å². The van der Waals surface area contributed by atoms with Crippen molar-refractivity contribution in [1.29, 1.82) is 0 Å². The van der Waals surface area contributed by atoms with Gasteiger partial charge in [0.2, 0.25) is 0 Å². The van der Waals surface area contributed by atoms with Gasteiger partial charge in [-0.05, 0) is 30.2 Å². The number of carbonyl (C=O) groups excluding carboxylic acids is 2. The van der Waals surface area contributed by atoms with E-state index >= 15 is 0 Å². The number of alkyl carbamates (subject to hydrolysis) is 1. The van der Waals surface area contributed by atoms with Crippen molar-refractivity contribution in [3.8, 4) is 0 Å². The summed E-state index contributed by atoms with van der Waals surface area (Å²) in [7, 11) is 0. The zero-order valence-corrected chi connectivity index (χ0v) is 21.9. The monoisotopic (exact) mass is 510 g/mol. The minimum atomic E-state index is -0.386. The van der Waals surface area contributed by atoms with Gasteiger partial charge in [-0.25, -0.2) is 4.79 Å². The molecule has 3 aliphatic rings. The van der Waals surface area contributed by atoms with Crippen LogP contribution in [-0.2, 0) is 22.3 Å². The van der Waals surface area contributed by atoms with Crippen LogP contribution in [0.5, 0.6) is 0 Å². The lowest BCUT2D eigenvalue weighted by molar-refractivity contribution is 0.0770. The van der Waals surface area contributed by atoms with E-state index in [4.69, 9.17) is 14.0 Å². The third-order valence-electron chi connectivity index (χ3n) is 7.94. The molecule has 9 heteroatoms. The summed E-state index contributed by atoms with van der Waals surface area (Å²) in [6.07, 6.45) is 2.35. The van der Waals surface area contributed by atoms with E-state index in [9.17, 15) is 9.59 Å². The fraction of sp³-hybridized carbons (Fsp3) is 0.607. The molecule has 4 heterocycles. The third kappa shape index (κ3) is 5.83. The molecule has 4 atom stereocenters. The Hall–Kier alpha value is -2.91. The lowest BCUT2D eigenvalue weighted by atomic mass is 10.0. The molecule has 2 aromatic rings. The van der Waals surface area contributed by atoms with Crippen molar-refractivity contribution in [1.82, 2.24) is 20.3 Å². The number of aryl methyl sites for hydroxylation is 2. The maximum absolute atomic E-state index is 13.3. The smallest absolute Gasteiger partial charge is 0.407 e. The molecule has 2 amide bonds. The van der Waals surface area contributed by atoms with E-state index in [1.54, 1.807) is 0 Å². The van der Waals surface area contributed by atoms with E-state index in [0.29, 0.717) is 49.2 Å². The molecule has 0 bridgehead atoms. The predicted molar refractivity (Wildman–Crippen MR) is 137 cm³/mol. The molecule has 0 aliphatic carbocycles. The van der Waals surface area contributed by atoms with E-state index in [1.165, 1.54) is 0 Å². The van der Waals surface area contributed by atoms with Crippen LogP contribution in [0.25, 0.3) is 0 Å². The van der Waals surface area contributed by atoms with Gasteiger partial charge >= 0.3 is 6.09 Å². The van der Waals surface area contributed by atoms with Crippen LogP contribution in [-0.4, -0.2) is 79.0 Å². The second-order valence-corrected chi connectivity index (χ2v) is 10.4. The minimum Gasteiger partial charge on any atom is -0.444 e. The molecular weight excluding hydrogens is 472 g/mol. The van der Waals surface area contributed by atoms with Gasteiger partial charge in [0.05, 0.1) is 24.9 Å². The molecule has 0 spiro atoms. The van der Waals surface area contributed by atoms with Crippen molar-refractivity contribution in [2.24, 2.45) is 11.8 Å². The fourth-order valence-electron chi connectivity index (χ4n) is 5.94. The van der Waals surface area contributed by atoms with Crippen LogP contribution in [0.4, 0.5) is 4.79 Å². The highest BCUT2D eigenvalue weighted by Crippen LogP contribution is 2.33. The highest BCUT2D eigenvalue weighted by molar-refractivity contribution is 5.96. The van der Waals surface area contributed by atoms with E-state index in [0.717, 1.165) is 56.8 Å². The maximum Gasteiger partial charge on any atom is 0.407 e. The van der Waals surface area contributed by atoms with Gasteiger partial charge < -0.3 is 29.1 Å². The molecule has 1 N–H and O–H groups in total. The normalized spacial score (nSPS) is 24.3. The molecular formula is C28H38N4O5. The summed E-state index contributed by atoms with van der Waals surface area (Å²) in [5.74, 6) is 1.69. The Morgan fingerprint density at radius 2 is 1.86 bits per heavy atom. The first-order valence-corrected chi connectivity index (χ1v) is 13.6. The van der Waals surface area contributed by atoms with E-state index < -0.39 is 0 Å². The minimum absolute atomic E-state index is 0.0652. The molecule has 200 valence electrons. The van der Waals surface area contributed by atoms with Gasteiger partial charge in [-0.15, -0.1) is 0 Å². The lowest BCUT2D eigenvalue weighted by Gasteiger charge is -2.25. The molecule has 3 fully saturated rings. The number of carbonyl (C=O) groups is 2. The number of benzene rings is 1. The van der Waals surface area contributed by atoms with Crippen molar-refractivity contribution >= 4 is 12.0 Å². The highest BCUT2D eigenvalue weighted by atomic mass is 16.6. The third-order valence-corrected chi connectivity index (χ3v) is 7.94. The molecule has 1 aromatic heterocycles. The average Bonchev–Trinajstić information content (AvgIpc) is 3.70. The van der Waals surface area contributed by atoms with E-state index in [1.807, 2.05) is 49.1 Å². The largest absolute Gasteiger partial charge is 0.444 e. The second kappa shape index (κ2) is 11.6. The number of nitrogens with one attached hydrogen (secondary N) is 1. The van der Waals surface area contributed by atoms with Crippen LogP contribution >= 0.6 is 0 Å². The number of hydrogen-bond acceptors (Lipinski definition) is 7. The summed E-state index contributed by atoms with van der Waals surface area (Å²) in [4.78, 5) is 30.4. The first kappa shape index (κ1) is 25.7. The molecule has 5 rings (SSSR count). The lowest BCUT2D eigenvalue weighted by Crippen LogP contribution is -2.36. The number of likely N-dealkylation sites (tertiary alicyclic amines) is 2. The molecule has 37 heavy (non-hydrogen) atoms. The maximum atomic E-state index is 13.3. The number of rotatable bonds is 9. The Bertz CT molecular complexity index is 1030. The van der Waals surface area contributed by atoms with Crippen LogP contribution in [0.3, 0.4) is 0 Å². The Morgan fingerprint density at radius 1 is 1.11 bits per heavy atom. The topological polar surface area (TPSA) is 97.1 Å². The summed E-state index contributed by atoms with van der Waals surface area (Å²) in [5, 5.41) is 7.20. The molecule has 0 saturated carbocycles. The van der Waals surface area contributed by atoms with E-state index in [2.05, 4.69) is 15.4 Å². The first-order valence-electron chi connectivity index (χ1n) is 13.6. The van der Waals surface area contributed by atoms with Gasteiger partial charge in [-0.3, -0.25) is 4.79 Å². The Labute approximate surface area is 218 Å². The number of fused-ring (bicyclic) bond motifs is 1. The summed E-state index contributed by atoms with van der Waals surface area (Å²) in [6, 6.07) is 9.95. The molecule has 1 aromatic carbocycles. The van der Waals surface area contributed by atoms with Gasteiger partial charge in [0, 0.05) is 45.6 Å². The Kier molecular flexibility index (Phi) is 8.10. The highest BCUT2D eigenvalue weighted by Gasteiger charge is 2.42. The fourth-order valence-corrected chi connectivity index (χ4v) is 5.94. The van der Waals surface area contributed by atoms with Crippen molar-refractivity contribution < 1.29 is 23.6 Å². The quantitative estimate of drug-likeness (QED) is 0.552. The molecule has 0 radical (unpaired) electrons. The molecule has 9 nitrogen and oxygen atoms in total. The number of amides is 2. The molecule has 3 saturated heterocycles. The summed E-state index contributed by atoms with van der Waals surface area (Å²) in [5.41, 5.74) is 2.51. The Morgan fingerprint density at radius 3 is 2.51 bits per heavy atom. The van der Waals surface area contributed by atoms with Crippen LogP contribution in [0, 0.1) is 11.8 Å². The van der Waals surface area contributed by atoms with Gasteiger partial charge in [-0.2, -0.15) is 0 Å². The number of ether oxygens (including phenoxy) is 2. The molecule has 3 aliphatic heterocycles. The van der Waals surface area contributed by atoms with E-state index in [-0.39, 0.29) is 24.1 Å². The zero-order valence-electron chi connectivity index (χ0n) is 21.9. The van der Waals surface area contributed by atoms with Crippen LogP contribution in [0.15, 0.2) is 34.9 Å². The van der Waals surface area contributed by atoms with Gasteiger partial charge in [0.25, 0.3) is 5.91 Å². The van der Waals surface area contributed by atoms with Crippen molar-refractivity contribution in [2.45, 2.75) is 51.7 Å². The van der Waals surface area contributed by atoms with Crippen molar-refractivity contribution in [3.05, 3.63) is 52.9 Å². The summed E-state index contributed by atoms with van der Waals surface area (Å²) >= 11 is 0. The zero-order chi connectivity index (χ0) is 25.8.